The van der Waals surface area contributed by atoms with Crippen molar-refractivity contribution in [2.24, 2.45) is 4.99 Å². The van der Waals surface area contributed by atoms with Crippen LogP contribution in [0.25, 0.3) is 0 Å². The lowest BCUT2D eigenvalue weighted by molar-refractivity contribution is 0.0600. The summed E-state index contributed by atoms with van der Waals surface area (Å²) in [7, 11) is 3.00. The largest absolute Gasteiger partial charge is 0.508 e. The maximum atomic E-state index is 11.8. The number of methoxy groups -OCH3 is 2. The lowest BCUT2D eigenvalue weighted by Gasteiger charge is -2.31. The Hall–Kier alpha value is -3.16. The third kappa shape index (κ3) is 4.69. The maximum absolute atomic E-state index is 11.8. The zero-order chi connectivity index (χ0) is 22.7. The molecule has 2 unspecified atom stereocenters. The summed E-state index contributed by atoms with van der Waals surface area (Å²) in [4.78, 5) is 16.8. The molecule has 0 spiro atoms. The van der Waals surface area contributed by atoms with E-state index in [4.69, 9.17) is 14.5 Å². The average molecular weight is 495 g/mol. The number of phenolic OH excluding ortho intramolecular Hbond substituents is 1. The molecule has 7 heteroatoms. The van der Waals surface area contributed by atoms with Crippen LogP contribution in [0.2, 0.25) is 0 Å². The lowest BCUT2D eigenvalue weighted by Crippen LogP contribution is -2.33. The Bertz CT molecular complexity index is 1160. The summed E-state index contributed by atoms with van der Waals surface area (Å²) in [6.07, 6.45) is 0.230. The summed E-state index contributed by atoms with van der Waals surface area (Å²) in [6, 6.07) is 20.2. The number of hydrogen-bond acceptors (Lipinski definition) is 6. The van der Waals surface area contributed by atoms with Gasteiger partial charge in [-0.3, -0.25) is 10.3 Å². The van der Waals surface area contributed by atoms with Crippen LogP contribution >= 0.6 is 15.9 Å². The highest BCUT2D eigenvalue weighted by Gasteiger charge is 2.28. The number of phenols is 1. The molecule has 0 saturated carbocycles. The molecule has 1 aliphatic heterocycles. The SMILES string of the molecule is COC(=O)c1ccc(C2N=C(c3cccc(OC)c3)CC(c3cc(Br)ccc3O)N2)cc1. The molecular formula is C25H23BrN2O4. The molecule has 3 aromatic carbocycles. The Balaban J connectivity index is 1.74. The zero-order valence-electron chi connectivity index (χ0n) is 17.7. The van der Waals surface area contributed by atoms with Gasteiger partial charge in [-0.1, -0.05) is 40.2 Å². The van der Waals surface area contributed by atoms with Crippen LogP contribution in [0, 0.1) is 0 Å². The summed E-state index contributed by atoms with van der Waals surface area (Å²) in [6.45, 7) is 0. The number of nitrogens with one attached hydrogen (secondary N) is 1. The number of rotatable bonds is 5. The molecule has 0 aromatic heterocycles. The predicted molar refractivity (Wildman–Crippen MR) is 126 cm³/mol. The highest BCUT2D eigenvalue weighted by molar-refractivity contribution is 9.10. The number of halogens is 1. The van der Waals surface area contributed by atoms with Gasteiger partial charge in [0.05, 0.1) is 19.8 Å². The smallest absolute Gasteiger partial charge is 0.337 e. The minimum absolute atomic E-state index is 0.170. The highest BCUT2D eigenvalue weighted by atomic mass is 79.9. The monoisotopic (exact) mass is 494 g/mol. The van der Waals surface area contributed by atoms with Crippen LogP contribution < -0.4 is 10.1 Å². The average Bonchev–Trinajstić information content (AvgIpc) is 2.84. The lowest BCUT2D eigenvalue weighted by atomic mass is 9.93. The van der Waals surface area contributed by atoms with Crippen LogP contribution in [0.3, 0.4) is 0 Å². The van der Waals surface area contributed by atoms with Gasteiger partial charge in [-0.15, -0.1) is 0 Å². The summed E-state index contributed by atoms with van der Waals surface area (Å²) in [5.74, 6) is 0.590. The van der Waals surface area contributed by atoms with E-state index >= 15 is 0 Å². The van der Waals surface area contributed by atoms with Crippen LogP contribution in [0.5, 0.6) is 11.5 Å². The van der Waals surface area contributed by atoms with Gasteiger partial charge < -0.3 is 14.6 Å². The second kappa shape index (κ2) is 9.54. The Morgan fingerprint density at radius 2 is 1.88 bits per heavy atom. The summed E-state index contributed by atoms with van der Waals surface area (Å²) in [5, 5.41) is 14.1. The fraction of sp³-hybridized carbons (Fsp3) is 0.200. The molecule has 4 rings (SSSR count). The first-order valence-electron chi connectivity index (χ1n) is 10.1. The van der Waals surface area contributed by atoms with Crippen molar-refractivity contribution in [1.29, 1.82) is 0 Å². The van der Waals surface area contributed by atoms with Crippen LogP contribution in [-0.2, 0) is 4.74 Å². The van der Waals surface area contributed by atoms with Crippen LogP contribution in [0.1, 0.15) is 45.7 Å². The quantitative estimate of drug-likeness (QED) is 0.478. The van der Waals surface area contributed by atoms with Crippen molar-refractivity contribution >= 4 is 27.6 Å². The number of nitrogens with zero attached hydrogens (tertiary/aromatic N) is 1. The van der Waals surface area contributed by atoms with Gasteiger partial charge in [0, 0.05) is 28.2 Å². The topological polar surface area (TPSA) is 80.2 Å². The molecule has 0 aliphatic carbocycles. The van der Waals surface area contributed by atoms with Crippen LogP contribution in [-0.4, -0.2) is 31.0 Å². The van der Waals surface area contributed by atoms with Gasteiger partial charge in [0.2, 0.25) is 0 Å². The number of benzene rings is 3. The van der Waals surface area contributed by atoms with Gasteiger partial charge in [0.15, 0.2) is 0 Å². The summed E-state index contributed by atoms with van der Waals surface area (Å²) < 4.78 is 11.1. The zero-order valence-corrected chi connectivity index (χ0v) is 19.3. The van der Waals surface area contributed by atoms with Gasteiger partial charge in [0.1, 0.15) is 17.7 Å². The minimum atomic E-state index is -0.384. The van der Waals surface area contributed by atoms with E-state index < -0.39 is 0 Å². The van der Waals surface area contributed by atoms with Crippen molar-refractivity contribution in [3.63, 3.8) is 0 Å². The number of aromatic hydroxyl groups is 1. The van der Waals surface area contributed by atoms with E-state index in [9.17, 15) is 9.90 Å². The van der Waals surface area contributed by atoms with Crippen molar-refractivity contribution in [1.82, 2.24) is 5.32 Å². The van der Waals surface area contributed by atoms with E-state index in [-0.39, 0.29) is 23.9 Å². The molecule has 0 amide bonds. The van der Waals surface area contributed by atoms with Gasteiger partial charge in [0.25, 0.3) is 0 Å². The molecule has 0 saturated heterocycles. The first kappa shape index (κ1) is 22.0. The molecule has 0 radical (unpaired) electrons. The molecular weight excluding hydrogens is 472 g/mol. The minimum Gasteiger partial charge on any atom is -0.508 e. The first-order chi connectivity index (χ1) is 15.5. The second-order valence-corrected chi connectivity index (χ2v) is 8.37. The number of aliphatic imine (C=N–C) groups is 1. The van der Waals surface area contributed by atoms with E-state index in [0.29, 0.717) is 12.0 Å². The third-order valence-electron chi connectivity index (χ3n) is 5.46. The number of hydrogen-bond donors (Lipinski definition) is 2. The fourth-order valence-corrected chi connectivity index (χ4v) is 4.16. The van der Waals surface area contributed by atoms with Crippen molar-refractivity contribution < 1.29 is 19.4 Å². The number of ether oxygens (including phenoxy) is 2. The van der Waals surface area contributed by atoms with Gasteiger partial charge in [-0.05, 0) is 53.6 Å². The van der Waals surface area contributed by atoms with Gasteiger partial charge in [-0.2, -0.15) is 0 Å². The normalized spacial score (nSPS) is 18.0. The molecule has 1 aliphatic rings. The molecule has 2 N–H and O–H groups in total. The first-order valence-corrected chi connectivity index (χ1v) is 10.9. The molecule has 1 heterocycles. The standard InChI is InChI=1S/C25H23BrN2O4/c1-31-19-5-3-4-17(12-19)21-14-22(20-13-18(26)10-11-23(20)29)28-24(27-21)15-6-8-16(9-7-15)25(30)32-2/h3-13,22,24,28-29H,14H2,1-2H3. The molecule has 2 atom stereocenters. The van der Waals surface area contributed by atoms with E-state index in [1.807, 2.05) is 48.5 Å². The molecule has 0 bridgehead atoms. The third-order valence-corrected chi connectivity index (χ3v) is 5.95. The summed E-state index contributed by atoms with van der Waals surface area (Å²) in [5.41, 5.74) is 4.02. The highest BCUT2D eigenvalue weighted by Crippen LogP contribution is 2.36. The number of esters is 1. The van der Waals surface area contributed by atoms with E-state index in [0.717, 1.165) is 32.6 Å². The van der Waals surface area contributed by atoms with Crippen LogP contribution in [0.15, 0.2) is 76.2 Å². The van der Waals surface area contributed by atoms with Crippen molar-refractivity contribution in [2.45, 2.75) is 18.6 Å². The fourth-order valence-electron chi connectivity index (χ4n) is 3.78. The van der Waals surface area contributed by atoms with Gasteiger partial charge in [-0.25, -0.2) is 4.79 Å². The van der Waals surface area contributed by atoms with Crippen molar-refractivity contribution in [3.05, 3.63) is 93.5 Å². The van der Waals surface area contributed by atoms with E-state index in [1.54, 1.807) is 25.3 Å². The van der Waals surface area contributed by atoms with Crippen molar-refractivity contribution in [2.75, 3.05) is 14.2 Å². The van der Waals surface area contributed by atoms with E-state index in [1.165, 1.54) is 7.11 Å². The maximum Gasteiger partial charge on any atom is 0.337 e. The Morgan fingerprint density at radius 3 is 2.59 bits per heavy atom. The number of carbonyl (C=O) groups is 1. The van der Waals surface area contributed by atoms with E-state index in [2.05, 4.69) is 21.2 Å². The molecule has 3 aromatic rings. The van der Waals surface area contributed by atoms with Crippen LogP contribution in [0.4, 0.5) is 0 Å². The number of carbonyl (C=O) groups excluding carboxylic acids is 1. The van der Waals surface area contributed by atoms with Gasteiger partial charge >= 0.3 is 5.97 Å². The Kier molecular flexibility index (Phi) is 6.58. The molecule has 0 fully saturated rings. The molecule has 32 heavy (non-hydrogen) atoms. The molecule has 6 nitrogen and oxygen atoms in total. The Morgan fingerprint density at radius 1 is 1.09 bits per heavy atom. The Labute approximate surface area is 195 Å². The second-order valence-electron chi connectivity index (χ2n) is 7.45. The predicted octanol–water partition coefficient (Wildman–Crippen LogP) is 5.17. The summed E-state index contributed by atoms with van der Waals surface area (Å²) >= 11 is 3.50. The van der Waals surface area contributed by atoms with Crippen molar-refractivity contribution in [3.8, 4) is 11.5 Å². The molecule has 164 valence electrons.